The third-order valence-electron chi connectivity index (χ3n) is 5.15. The smallest absolute Gasteiger partial charge is 0.331 e. The van der Waals surface area contributed by atoms with Crippen LogP contribution in [-0.2, 0) is 23.7 Å². The first kappa shape index (κ1) is 27.8. The average molecular weight is 483 g/mol. The lowest BCUT2D eigenvalue weighted by Crippen LogP contribution is -2.48. The van der Waals surface area contributed by atoms with Crippen LogP contribution in [0.5, 0.6) is 11.5 Å². The van der Waals surface area contributed by atoms with Gasteiger partial charge in [0.25, 0.3) is 5.91 Å². The topological polar surface area (TPSA) is 125 Å². The molecule has 34 heavy (non-hydrogen) atoms. The molecule has 1 amide bonds. The van der Waals surface area contributed by atoms with Crippen molar-refractivity contribution in [3.8, 4) is 11.5 Å². The number of nitrogens with zero attached hydrogens (tertiary/aromatic N) is 1. The lowest BCUT2D eigenvalue weighted by molar-refractivity contribution is -0.173. The van der Waals surface area contributed by atoms with Crippen LogP contribution in [0.3, 0.4) is 0 Å². The summed E-state index contributed by atoms with van der Waals surface area (Å²) in [5, 5.41) is 12.8. The number of ether oxygens (including phenoxy) is 5. The maximum Gasteiger partial charge on any atom is 0.331 e. The molecule has 192 valence electrons. The average Bonchev–Trinajstić information content (AvgIpc) is 2.85. The number of hydrogen-bond acceptors (Lipinski definition) is 9. The van der Waals surface area contributed by atoms with E-state index < -0.39 is 42.0 Å². The molecular formula is C24H38N2O8. The van der Waals surface area contributed by atoms with Gasteiger partial charge in [-0.25, -0.2) is 9.78 Å². The monoisotopic (exact) mass is 482 g/mol. The van der Waals surface area contributed by atoms with Gasteiger partial charge < -0.3 is 34.1 Å². The fraction of sp³-hybridized carbons (Fsp3) is 0.708. The second kappa shape index (κ2) is 13.5. The van der Waals surface area contributed by atoms with Crippen molar-refractivity contribution >= 4 is 11.9 Å². The minimum absolute atomic E-state index is 0.0924. The number of methoxy groups -OCH3 is 1. The number of rotatable bonds is 10. The number of cyclic esters (lactones) is 1. The van der Waals surface area contributed by atoms with Crippen molar-refractivity contribution in [3.05, 3.63) is 18.0 Å². The Balaban J connectivity index is 2.22. The fourth-order valence-corrected chi connectivity index (χ4v) is 3.39. The van der Waals surface area contributed by atoms with Gasteiger partial charge in [0.2, 0.25) is 0 Å². The normalized spacial score (nSPS) is 23.7. The molecule has 0 radical (unpaired) electrons. The molecule has 4 atom stereocenters. The van der Waals surface area contributed by atoms with Gasteiger partial charge in [-0.15, -0.1) is 0 Å². The molecule has 0 aromatic carbocycles. The van der Waals surface area contributed by atoms with Crippen molar-refractivity contribution < 1.29 is 38.4 Å². The van der Waals surface area contributed by atoms with E-state index in [1.54, 1.807) is 0 Å². The van der Waals surface area contributed by atoms with Crippen LogP contribution in [0.25, 0.3) is 0 Å². The predicted molar refractivity (Wildman–Crippen MR) is 124 cm³/mol. The highest BCUT2D eigenvalue weighted by molar-refractivity contribution is 5.98. The highest BCUT2D eigenvalue weighted by Crippen LogP contribution is 2.27. The highest BCUT2D eigenvalue weighted by atomic mass is 16.6. The van der Waals surface area contributed by atoms with Crippen molar-refractivity contribution in [2.75, 3.05) is 33.5 Å². The first-order chi connectivity index (χ1) is 16.2. The van der Waals surface area contributed by atoms with Crippen LogP contribution in [0.2, 0.25) is 0 Å². The van der Waals surface area contributed by atoms with E-state index in [-0.39, 0.29) is 30.6 Å². The molecule has 0 bridgehead atoms. The van der Waals surface area contributed by atoms with Gasteiger partial charge >= 0.3 is 5.97 Å². The summed E-state index contributed by atoms with van der Waals surface area (Å²) in [6.07, 6.45) is 0.264. The lowest BCUT2D eigenvalue weighted by atomic mass is 10.0. The van der Waals surface area contributed by atoms with Crippen LogP contribution in [0.4, 0.5) is 0 Å². The van der Waals surface area contributed by atoms with Gasteiger partial charge in [-0.3, -0.25) is 4.79 Å². The van der Waals surface area contributed by atoms with Crippen molar-refractivity contribution in [3.63, 3.8) is 0 Å². The van der Waals surface area contributed by atoms with Crippen LogP contribution < -0.4 is 10.1 Å². The summed E-state index contributed by atoms with van der Waals surface area (Å²) in [6.45, 7) is 11.1. The van der Waals surface area contributed by atoms with Crippen molar-refractivity contribution in [2.24, 2.45) is 11.8 Å². The van der Waals surface area contributed by atoms with E-state index in [0.29, 0.717) is 25.6 Å². The third-order valence-corrected chi connectivity index (χ3v) is 5.15. The second-order valence-electron chi connectivity index (χ2n) is 9.11. The number of amides is 1. The van der Waals surface area contributed by atoms with Gasteiger partial charge in [0, 0.05) is 25.5 Å². The van der Waals surface area contributed by atoms with Gasteiger partial charge in [0.15, 0.2) is 23.2 Å². The van der Waals surface area contributed by atoms with Crippen LogP contribution in [0.15, 0.2) is 12.3 Å². The molecule has 2 N–H and O–H groups in total. The number of carbonyl (C=O) groups excluding carboxylic acids is 2. The molecule has 0 spiro atoms. The molecule has 10 nitrogen and oxygen atoms in total. The van der Waals surface area contributed by atoms with E-state index in [2.05, 4.69) is 10.3 Å². The molecule has 0 saturated carbocycles. The summed E-state index contributed by atoms with van der Waals surface area (Å²) in [5.41, 5.74) is -0.268. The molecule has 1 aromatic heterocycles. The van der Waals surface area contributed by atoms with Gasteiger partial charge in [-0.2, -0.15) is 0 Å². The van der Waals surface area contributed by atoms with Crippen molar-refractivity contribution in [2.45, 2.75) is 65.4 Å². The van der Waals surface area contributed by atoms with Gasteiger partial charge in [0.1, 0.15) is 18.3 Å². The van der Waals surface area contributed by atoms with Gasteiger partial charge in [-0.1, -0.05) is 34.6 Å². The summed E-state index contributed by atoms with van der Waals surface area (Å²) in [4.78, 5) is 29.7. The van der Waals surface area contributed by atoms with Crippen LogP contribution in [-0.4, -0.2) is 79.9 Å². The Morgan fingerprint density at radius 3 is 2.50 bits per heavy atom. The molecule has 2 heterocycles. The highest BCUT2D eigenvalue weighted by Gasteiger charge is 2.38. The summed E-state index contributed by atoms with van der Waals surface area (Å²) in [5.74, 6) is -1.16. The number of esters is 1. The van der Waals surface area contributed by atoms with E-state index in [9.17, 15) is 14.7 Å². The second-order valence-corrected chi connectivity index (χ2v) is 9.11. The molecule has 1 aliphatic heterocycles. The molecular weight excluding hydrogens is 444 g/mol. The molecule has 1 aromatic rings. The van der Waals surface area contributed by atoms with E-state index in [0.717, 1.165) is 0 Å². The Bertz CT molecular complexity index is 801. The van der Waals surface area contributed by atoms with Crippen LogP contribution >= 0.6 is 0 Å². The third kappa shape index (κ3) is 7.82. The standard InChI is InChI=1S/C24H38N2O8/c1-7-17-22(33-11-15(4)5)19(32-10-14(2)3)13-31-12-16(24(29)34-17)26-23(28)20-21(27)18(30-6)8-9-25-20/h8-9,14-17,19,22,27H,7,10-13H2,1-6H3,(H,26,28). The van der Waals surface area contributed by atoms with Crippen molar-refractivity contribution in [1.82, 2.24) is 10.3 Å². The van der Waals surface area contributed by atoms with E-state index in [4.69, 9.17) is 23.7 Å². The number of aromatic hydroxyl groups is 1. The first-order valence-corrected chi connectivity index (χ1v) is 11.7. The van der Waals surface area contributed by atoms with Crippen LogP contribution in [0.1, 0.15) is 51.5 Å². The Morgan fingerprint density at radius 2 is 1.88 bits per heavy atom. The van der Waals surface area contributed by atoms with E-state index in [1.165, 1.54) is 19.4 Å². The lowest BCUT2D eigenvalue weighted by Gasteiger charge is -2.33. The molecule has 1 fully saturated rings. The van der Waals surface area contributed by atoms with Gasteiger partial charge in [-0.05, 0) is 18.3 Å². The Hall–Kier alpha value is -2.43. The largest absolute Gasteiger partial charge is 0.503 e. The zero-order chi connectivity index (χ0) is 25.3. The summed E-state index contributed by atoms with van der Waals surface area (Å²) in [7, 11) is 1.36. The number of aromatic nitrogens is 1. The SMILES string of the molecule is CCC1OC(=O)C(NC(=O)c2nccc(OC)c2O)COCC(OCC(C)C)C1OCC(C)C. The predicted octanol–water partition coefficient (Wildman–Crippen LogP) is 2.33. The molecule has 1 aliphatic rings. The van der Waals surface area contributed by atoms with Crippen LogP contribution in [0, 0.1) is 11.8 Å². The van der Waals surface area contributed by atoms with E-state index >= 15 is 0 Å². The van der Waals surface area contributed by atoms with Crippen molar-refractivity contribution in [1.29, 1.82) is 0 Å². The summed E-state index contributed by atoms with van der Waals surface area (Å²) < 4.78 is 28.8. The molecule has 2 rings (SSSR count). The number of nitrogens with one attached hydrogen (secondary N) is 1. The maximum absolute atomic E-state index is 13.0. The quantitative estimate of drug-likeness (QED) is 0.483. The minimum Gasteiger partial charge on any atom is -0.503 e. The zero-order valence-electron chi connectivity index (χ0n) is 20.9. The summed E-state index contributed by atoms with van der Waals surface area (Å²) >= 11 is 0. The molecule has 1 saturated heterocycles. The number of carbonyl (C=O) groups is 2. The Labute approximate surface area is 201 Å². The molecule has 4 unspecified atom stereocenters. The number of hydrogen-bond donors (Lipinski definition) is 2. The number of pyridine rings is 1. The Morgan fingerprint density at radius 1 is 1.21 bits per heavy atom. The zero-order valence-corrected chi connectivity index (χ0v) is 20.9. The molecule has 0 aliphatic carbocycles. The van der Waals surface area contributed by atoms with Gasteiger partial charge in [0.05, 0.1) is 20.3 Å². The minimum atomic E-state index is -1.11. The first-order valence-electron chi connectivity index (χ1n) is 11.7. The summed E-state index contributed by atoms with van der Waals surface area (Å²) in [6, 6.07) is 0.313. The maximum atomic E-state index is 13.0. The Kier molecular flexibility index (Phi) is 11.0. The van der Waals surface area contributed by atoms with E-state index in [1.807, 2.05) is 34.6 Å². The molecule has 10 heteroatoms. The fourth-order valence-electron chi connectivity index (χ4n) is 3.39.